The summed E-state index contributed by atoms with van der Waals surface area (Å²) in [5.41, 5.74) is 7.77. The van der Waals surface area contributed by atoms with Crippen molar-refractivity contribution in [2.75, 3.05) is 18.4 Å². The summed E-state index contributed by atoms with van der Waals surface area (Å²) in [5, 5.41) is 3.41. The van der Waals surface area contributed by atoms with Crippen LogP contribution in [0.25, 0.3) is 11.3 Å². The minimum Gasteiger partial charge on any atom is -0.760 e. The van der Waals surface area contributed by atoms with Crippen molar-refractivity contribution in [2.24, 2.45) is 5.73 Å². The first-order valence-electron chi connectivity index (χ1n) is 10.8. The number of amides is 1. The number of hydrogen-bond donors (Lipinski definition) is 3. The molecule has 1 aromatic heterocycles. The maximum absolute atomic E-state index is 13.6. The van der Waals surface area contributed by atoms with Gasteiger partial charge in [-0.05, 0) is 55.8 Å². The van der Waals surface area contributed by atoms with E-state index in [-0.39, 0.29) is 24.8 Å². The van der Waals surface area contributed by atoms with E-state index in [2.05, 4.69) is 10.0 Å². The number of nitrogens with zero attached hydrogens (tertiary/aromatic N) is 3. The molecular weight excluding hydrogens is 459 g/mol. The second-order valence-corrected chi connectivity index (χ2v) is 9.24. The van der Waals surface area contributed by atoms with Gasteiger partial charge in [0.2, 0.25) is 5.91 Å². The third-order valence-electron chi connectivity index (χ3n) is 5.91. The molecule has 0 radical (unpaired) electrons. The summed E-state index contributed by atoms with van der Waals surface area (Å²) in [6.45, 7) is 4.87. The number of aromatic nitrogens is 2. The number of carbonyl (C=O) groups excluding carboxylic acids is 1. The number of nitrogens with two attached hydrogens (primary N) is 1. The summed E-state index contributed by atoms with van der Waals surface area (Å²) in [5.74, 6) is 0.875. The molecule has 1 amide bonds. The lowest BCUT2D eigenvalue weighted by Gasteiger charge is -2.42. The quantitative estimate of drug-likeness (QED) is 0.441. The first-order valence-corrected chi connectivity index (χ1v) is 11.8. The highest BCUT2D eigenvalue weighted by molar-refractivity contribution is 7.77. The van der Waals surface area contributed by atoms with Gasteiger partial charge in [-0.1, -0.05) is 12.1 Å². The van der Waals surface area contributed by atoms with Crippen molar-refractivity contribution in [3.8, 4) is 11.3 Å². The predicted octanol–water partition coefficient (Wildman–Crippen LogP) is 2.35. The summed E-state index contributed by atoms with van der Waals surface area (Å²) in [4.78, 5) is 19.1. The number of imidazole rings is 1. The average molecular weight is 486 g/mol. The molecule has 4 N–H and O–H groups in total. The molecule has 2 aromatic carbocycles. The Morgan fingerprint density at radius 2 is 1.97 bits per heavy atom. The monoisotopic (exact) mass is 485 g/mol. The molecule has 9 nitrogen and oxygen atoms in total. The average Bonchev–Trinajstić information content (AvgIpc) is 3.17. The molecule has 0 bridgehead atoms. The van der Waals surface area contributed by atoms with Crippen LogP contribution < -0.4 is 15.8 Å². The SMILES string of the molecule is CC1(C)c2nc(-c3ccc(F)cc3)c(Nc3cccc(CNS(=O)[O-])c3)n2CCN1C(=O)CN. The van der Waals surface area contributed by atoms with E-state index in [1.807, 2.05) is 42.7 Å². The zero-order valence-electron chi connectivity index (χ0n) is 18.9. The number of fused-ring (bicyclic) bond motifs is 1. The van der Waals surface area contributed by atoms with Crippen LogP contribution >= 0.6 is 0 Å². The fourth-order valence-electron chi connectivity index (χ4n) is 4.26. The Morgan fingerprint density at radius 1 is 1.24 bits per heavy atom. The fourth-order valence-corrected chi connectivity index (χ4v) is 4.54. The van der Waals surface area contributed by atoms with Gasteiger partial charge >= 0.3 is 0 Å². The zero-order chi connectivity index (χ0) is 24.5. The van der Waals surface area contributed by atoms with E-state index in [9.17, 15) is 17.9 Å². The summed E-state index contributed by atoms with van der Waals surface area (Å²) >= 11 is -2.36. The van der Waals surface area contributed by atoms with Gasteiger partial charge in [0.05, 0.1) is 12.1 Å². The van der Waals surface area contributed by atoms with E-state index in [1.165, 1.54) is 12.1 Å². The van der Waals surface area contributed by atoms with Crippen molar-refractivity contribution in [1.29, 1.82) is 0 Å². The molecule has 180 valence electrons. The van der Waals surface area contributed by atoms with Gasteiger partial charge in [0, 0.05) is 42.2 Å². The lowest BCUT2D eigenvalue weighted by Crippen LogP contribution is -2.53. The Labute approximate surface area is 199 Å². The van der Waals surface area contributed by atoms with E-state index in [1.54, 1.807) is 17.0 Å². The molecule has 1 aliphatic rings. The van der Waals surface area contributed by atoms with Gasteiger partial charge in [-0.3, -0.25) is 9.00 Å². The lowest BCUT2D eigenvalue weighted by molar-refractivity contribution is -0.137. The number of rotatable bonds is 7. The standard InChI is InChI=1S/C23H27FN6O3S/c1-23(2)22-28-20(16-6-8-17(24)9-7-16)21(29(22)10-11-30(23)19(31)13-25)27-18-5-3-4-15(12-18)14-26-34(32)33/h3-9,12,26-27H,10-11,13-14,25H2,1-2H3,(H,32,33)/p-1. The van der Waals surface area contributed by atoms with E-state index in [0.717, 1.165) is 16.8 Å². The van der Waals surface area contributed by atoms with E-state index >= 15 is 0 Å². The largest absolute Gasteiger partial charge is 0.760 e. The molecule has 4 rings (SSSR count). The molecule has 1 aliphatic heterocycles. The Bertz CT molecular complexity index is 1230. The van der Waals surface area contributed by atoms with Gasteiger partial charge in [0.25, 0.3) is 0 Å². The summed E-state index contributed by atoms with van der Waals surface area (Å²) < 4.78 is 39.7. The van der Waals surface area contributed by atoms with Crippen molar-refractivity contribution < 1.29 is 17.9 Å². The highest BCUT2D eigenvalue weighted by Gasteiger charge is 2.41. The van der Waals surface area contributed by atoms with Crippen LogP contribution in [-0.4, -0.2) is 42.2 Å². The van der Waals surface area contributed by atoms with Crippen LogP contribution in [0.5, 0.6) is 0 Å². The molecule has 0 aliphatic carbocycles. The van der Waals surface area contributed by atoms with Gasteiger partial charge in [-0.2, -0.15) is 0 Å². The van der Waals surface area contributed by atoms with Gasteiger partial charge in [0.15, 0.2) is 0 Å². The molecule has 34 heavy (non-hydrogen) atoms. The van der Waals surface area contributed by atoms with Crippen molar-refractivity contribution in [3.63, 3.8) is 0 Å². The molecule has 11 heteroatoms. The van der Waals surface area contributed by atoms with Crippen LogP contribution in [-0.2, 0) is 34.7 Å². The molecule has 1 unspecified atom stereocenters. The Morgan fingerprint density at radius 3 is 2.65 bits per heavy atom. The number of nitrogens with one attached hydrogen (secondary N) is 2. The maximum Gasteiger partial charge on any atom is 0.237 e. The predicted molar refractivity (Wildman–Crippen MR) is 127 cm³/mol. The van der Waals surface area contributed by atoms with Crippen molar-refractivity contribution >= 4 is 28.7 Å². The van der Waals surface area contributed by atoms with E-state index in [0.29, 0.717) is 30.4 Å². The molecule has 2 heterocycles. The second kappa shape index (κ2) is 9.63. The van der Waals surface area contributed by atoms with E-state index in [4.69, 9.17) is 10.7 Å². The number of anilines is 2. The summed E-state index contributed by atoms with van der Waals surface area (Å²) in [6.07, 6.45) is 0. The van der Waals surface area contributed by atoms with Gasteiger partial charge in [-0.15, -0.1) is 0 Å². The Kier molecular flexibility index (Phi) is 6.80. The molecule has 0 spiro atoms. The van der Waals surface area contributed by atoms with Crippen LogP contribution in [0.3, 0.4) is 0 Å². The lowest BCUT2D eigenvalue weighted by atomic mass is 9.99. The third kappa shape index (κ3) is 4.73. The Balaban J connectivity index is 1.78. The van der Waals surface area contributed by atoms with Crippen LogP contribution in [0.2, 0.25) is 0 Å². The Hall–Kier alpha value is -3.12. The zero-order valence-corrected chi connectivity index (χ0v) is 19.7. The summed E-state index contributed by atoms with van der Waals surface area (Å²) in [7, 11) is 0. The molecule has 1 atom stereocenters. The number of carbonyl (C=O) groups is 1. The maximum atomic E-state index is 13.6. The number of benzene rings is 2. The molecule has 0 saturated heterocycles. The van der Waals surface area contributed by atoms with Gasteiger partial charge in [-0.25, -0.2) is 14.1 Å². The third-order valence-corrected chi connectivity index (χ3v) is 6.29. The second-order valence-electron chi connectivity index (χ2n) is 8.48. The first kappa shape index (κ1) is 24.0. The normalized spacial score (nSPS) is 15.6. The minimum absolute atomic E-state index is 0.0883. The molecular formula is C23H26FN6O3S-. The van der Waals surface area contributed by atoms with Gasteiger partial charge < -0.3 is 25.1 Å². The number of hydrogen-bond acceptors (Lipinski definition) is 6. The van der Waals surface area contributed by atoms with Gasteiger partial charge in [0.1, 0.15) is 23.2 Å². The smallest absolute Gasteiger partial charge is 0.237 e. The number of halogens is 1. The van der Waals surface area contributed by atoms with E-state index < -0.39 is 16.8 Å². The minimum atomic E-state index is -2.36. The highest BCUT2D eigenvalue weighted by atomic mass is 32.2. The van der Waals surface area contributed by atoms with Crippen LogP contribution in [0.4, 0.5) is 15.9 Å². The van der Waals surface area contributed by atoms with Crippen molar-refractivity contribution in [1.82, 2.24) is 19.2 Å². The fraction of sp³-hybridized carbons (Fsp3) is 0.304. The molecule has 0 saturated carbocycles. The van der Waals surface area contributed by atoms with Crippen molar-refractivity contribution in [2.45, 2.75) is 32.5 Å². The molecule has 0 fully saturated rings. The topological polar surface area (TPSA) is 128 Å². The highest BCUT2D eigenvalue weighted by Crippen LogP contribution is 2.39. The van der Waals surface area contributed by atoms with Crippen LogP contribution in [0, 0.1) is 5.82 Å². The first-order chi connectivity index (χ1) is 16.2. The van der Waals surface area contributed by atoms with Crippen LogP contribution in [0.1, 0.15) is 25.2 Å². The summed E-state index contributed by atoms with van der Waals surface area (Å²) in [6, 6.07) is 13.4. The van der Waals surface area contributed by atoms with Crippen LogP contribution in [0.15, 0.2) is 48.5 Å². The van der Waals surface area contributed by atoms with Crippen molar-refractivity contribution in [3.05, 3.63) is 65.7 Å². The molecule has 3 aromatic rings.